The molecule has 0 amide bonds. The second-order valence-electron chi connectivity index (χ2n) is 20.5. The van der Waals surface area contributed by atoms with Gasteiger partial charge in [0.2, 0.25) is 0 Å². The van der Waals surface area contributed by atoms with Crippen molar-refractivity contribution in [3.05, 3.63) is 279 Å². The van der Waals surface area contributed by atoms with Crippen molar-refractivity contribution in [2.45, 2.75) is 0 Å². The fourth-order valence-corrected chi connectivity index (χ4v) is 13.4. The lowest BCUT2D eigenvalue weighted by molar-refractivity contribution is 1.60. The SMILES string of the molecule is c1ccc(-c2ccccc2-c2ccc3c(c2)c2cccc4c5c(-c6ccccc6)c6c7ccc(-c8c(-c9ccccc9)ccc9ccccc89)c8cccc(c6c(-c6ccccc6-c6ccccc6)c5cc3c24)c87)cc1. The van der Waals surface area contributed by atoms with Gasteiger partial charge in [-0.25, -0.2) is 0 Å². The first-order valence-electron chi connectivity index (χ1n) is 26.5. The van der Waals surface area contributed by atoms with Gasteiger partial charge in [0.25, 0.3) is 0 Å². The highest BCUT2D eigenvalue weighted by molar-refractivity contribution is 6.45. The zero-order valence-corrected chi connectivity index (χ0v) is 41.6. The maximum absolute atomic E-state index is 2.57. The summed E-state index contributed by atoms with van der Waals surface area (Å²) in [6.45, 7) is 0. The van der Waals surface area contributed by atoms with E-state index in [1.54, 1.807) is 0 Å². The Morgan fingerprint density at radius 2 is 0.605 bits per heavy atom. The van der Waals surface area contributed by atoms with Crippen LogP contribution in [0.25, 0.3) is 164 Å². The average Bonchev–Trinajstić information content (AvgIpc) is 4.15. The number of hydrogen-bond donors (Lipinski definition) is 0. The number of hydrogen-bond acceptors (Lipinski definition) is 0. The predicted octanol–water partition coefficient (Wildman–Crippen LogP) is 21.5. The van der Waals surface area contributed by atoms with Crippen LogP contribution in [0.4, 0.5) is 0 Å². The van der Waals surface area contributed by atoms with Crippen LogP contribution in [0.1, 0.15) is 0 Å². The molecule has 16 aromatic rings. The molecule has 0 radical (unpaired) electrons. The molecular formula is C76H46. The molecule has 0 spiro atoms. The second kappa shape index (κ2) is 16.8. The molecule has 0 heterocycles. The lowest BCUT2D eigenvalue weighted by atomic mass is 9.82. The maximum Gasteiger partial charge on any atom is -0.000718 e. The van der Waals surface area contributed by atoms with Gasteiger partial charge in [0.05, 0.1) is 0 Å². The van der Waals surface area contributed by atoms with Crippen molar-refractivity contribution in [3.63, 3.8) is 0 Å². The molecule has 0 unspecified atom stereocenters. The van der Waals surface area contributed by atoms with E-state index in [1.165, 1.54) is 164 Å². The van der Waals surface area contributed by atoms with Crippen LogP contribution in [0.15, 0.2) is 279 Å². The van der Waals surface area contributed by atoms with E-state index in [0.717, 1.165) is 0 Å². The molecule has 0 bridgehead atoms. The van der Waals surface area contributed by atoms with Crippen molar-refractivity contribution in [2.75, 3.05) is 0 Å². The van der Waals surface area contributed by atoms with E-state index in [9.17, 15) is 0 Å². The van der Waals surface area contributed by atoms with Gasteiger partial charge in [-0.15, -0.1) is 0 Å². The third-order valence-corrected chi connectivity index (χ3v) is 16.6. The Labute approximate surface area is 440 Å². The zero-order chi connectivity index (χ0) is 49.8. The number of benzene rings is 14. The van der Waals surface area contributed by atoms with Crippen molar-refractivity contribution < 1.29 is 0 Å². The van der Waals surface area contributed by atoms with E-state index >= 15 is 0 Å². The minimum atomic E-state index is 1.20. The van der Waals surface area contributed by atoms with E-state index < -0.39 is 0 Å². The molecule has 0 saturated carbocycles. The summed E-state index contributed by atoms with van der Waals surface area (Å²) in [5.41, 5.74) is 17.3. The maximum atomic E-state index is 2.57. The topological polar surface area (TPSA) is 0 Å². The van der Waals surface area contributed by atoms with Crippen molar-refractivity contribution >= 4 is 86.2 Å². The van der Waals surface area contributed by atoms with Gasteiger partial charge in [0.15, 0.2) is 0 Å². The van der Waals surface area contributed by atoms with Crippen molar-refractivity contribution in [3.8, 4) is 77.9 Å². The number of rotatable bonds is 7. The lowest BCUT2D eigenvalue weighted by Gasteiger charge is -2.20. The molecule has 0 N–H and O–H groups in total. The summed E-state index contributed by atoms with van der Waals surface area (Å²) in [6, 6.07) is 104. The summed E-state index contributed by atoms with van der Waals surface area (Å²) in [5.74, 6) is 0. The Morgan fingerprint density at radius 3 is 1.29 bits per heavy atom. The van der Waals surface area contributed by atoms with E-state index in [4.69, 9.17) is 0 Å². The fourth-order valence-electron chi connectivity index (χ4n) is 13.4. The summed E-state index contributed by atoms with van der Waals surface area (Å²) < 4.78 is 0. The average molecular weight is 959 g/mol. The quantitative estimate of drug-likeness (QED) is 0.140. The molecule has 76 heavy (non-hydrogen) atoms. The molecule has 0 nitrogen and oxygen atoms in total. The highest BCUT2D eigenvalue weighted by atomic mass is 14.3. The van der Waals surface area contributed by atoms with Gasteiger partial charge in [-0.1, -0.05) is 267 Å². The van der Waals surface area contributed by atoms with Crippen LogP contribution >= 0.6 is 0 Å². The van der Waals surface area contributed by atoms with E-state index in [-0.39, 0.29) is 0 Å². The fraction of sp³-hybridized carbons (Fsp3) is 0. The predicted molar refractivity (Wildman–Crippen MR) is 327 cm³/mol. The summed E-state index contributed by atoms with van der Waals surface area (Å²) in [7, 11) is 0. The first-order chi connectivity index (χ1) is 37.8. The van der Waals surface area contributed by atoms with Crippen LogP contribution in [0.5, 0.6) is 0 Å². The Morgan fingerprint density at radius 1 is 0.145 bits per heavy atom. The number of fused-ring (bicyclic) bond motifs is 9. The minimum Gasteiger partial charge on any atom is -0.0622 e. The Hall–Kier alpha value is -9.88. The molecule has 0 aliphatic heterocycles. The van der Waals surface area contributed by atoms with Crippen LogP contribution in [-0.2, 0) is 0 Å². The summed E-state index contributed by atoms with van der Waals surface area (Å²) in [5, 5.41) is 20.5. The normalized spacial score (nSPS) is 11.9. The molecule has 16 rings (SSSR count). The zero-order valence-electron chi connectivity index (χ0n) is 41.6. The third kappa shape index (κ3) is 6.25. The van der Waals surface area contributed by atoms with E-state index in [1.807, 2.05) is 0 Å². The molecule has 16 aromatic carbocycles. The minimum absolute atomic E-state index is 1.20. The molecule has 350 valence electrons. The summed E-state index contributed by atoms with van der Waals surface area (Å²) >= 11 is 0. The van der Waals surface area contributed by atoms with Crippen molar-refractivity contribution in [2.24, 2.45) is 0 Å². The van der Waals surface area contributed by atoms with Crippen LogP contribution in [0, 0.1) is 0 Å². The second-order valence-corrected chi connectivity index (χ2v) is 20.5. The van der Waals surface area contributed by atoms with E-state index in [0.29, 0.717) is 0 Å². The molecular weight excluding hydrogens is 913 g/mol. The van der Waals surface area contributed by atoms with Gasteiger partial charge in [-0.05, 0) is 176 Å². The smallest absolute Gasteiger partial charge is 0.000718 e. The molecule has 0 fully saturated rings. The van der Waals surface area contributed by atoms with Gasteiger partial charge >= 0.3 is 0 Å². The molecule has 0 saturated heterocycles. The standard InChI is InChI=1S/C76H46/c1-5-21-47(22-6-1)53-30-15-16-32-55(53)52-40-42-58-66(45-52)61-36-20-37-63-72(61)67(58)46-68-73(59-34-18-17-31-54(59)48-23-7-2-8-24-48)76-64-38-19-35-60-62(43-44-65(71(60)64)75(76)69(74(63)68)51-28-11-4-12-29-51)70-56-33-14-13-27-50(56)39-41-57(70)49-25-9-3-10-26-49/h1-46H. The van der Waals surface area contributed by atoms with Gasteiger partial charge in [-0.3, -0.25) is 0 Å². The third-order valence-electron chi connectivity index (χ3n) is 16.6. The highest BCUT2D eigenvalue weighted by Crippen LogP contribution is 2.57. The molecule has 0 aliphatic rings. The van der Waals surface area contributed by atoms with Crippen LogP contribution in [-0.4, -0.2) is 0 Å². The van der Waals surface area contributed by atoms with Gasteiger partial charge in [0.1, 0.15) is 0 Å². The van der Waals surface area contributed by atoms with Gasteiger partial charge in [0, 0.05) is 0 Å². The molecule has 0 heteroatoms. The summed E-state index contributed by atoms with van der Waals surface area (Å²) in [4.78, 5) is 0. The lowest BCUT2D eigenvalue weighted by Crippen LogP contribution is -1.93. The van der Waals surface area contributed by atoms with Crippen molar-refractivity contribution in [1.29, 1.82) is 0 Å². The highest BCUT2D eigenvalue weighted by Gasteiger charge is 2.29. The van der Waals surface area contributed by atoms with E-state index in [2.05, 4.69) is 279 Å². The first kappa shape index (κ1) is 42.6. The van der Waals surface area contributed by atoms with Crippen LogP contribution < -0.4 is 0 Å². The monoisotopic (exact) mass is 958 g/mol. The van der Waals surface area contributed by atoms with Crippen molar-refractivity contribution in [1.82, 2.24) is 0 Å². The molecule has 0 aromatic heterocycles. The van der Waals surface area contributed by atoms with Gasteiger partial charge in [-0.2, -0.15) is 0 Å². The molecule has 0 aliphatic carbocycles. The van der Waals surface area contributed by atoms with Crippen LogP contribution in [0.3, 0.4) is 0 Å². The largest absolute Gasteiger partial charge is 0.0622 e. The first-order valence-corrected chi connectivity index (χ1v) is 26.5. The molecule has 0 atom stereocenters. The Bertz CT molecular complexity index is 4940. The van der Waals surface area contributed by atoms with Gasteiger partial charge < -0.3 is 0 Å². The summed E-state index contributed by atoms with van der Waals surface area (Å²) in [6.07, 6.45) is 0. The Balaban J connectivity index is 1.08. The Kier molecular flexibility index (Phi) is 9.44. The van der Waals surface area contributed by atoms with Crippen LogP contribution in [0.2, 0.25) is 0 Å².